The number of nitrogens with zero attached hydrogens (tertiary/aromatic N) is 1. The Balaban J connectivity index is 0. The van der Waals surface area contributed by atoms with Crippen LogP contribution in [0.4, 0.5) is 0 Å². The van der Waals surface area contributed by atoms with Gasteiger partial charge in [-0.15, -0.1) is 0 Å². The summed E-state index contributed by atoms with van der Waals surface area (Å²) in [5.41, 5.74) is 0. The molecule has 0 saturated carbocycles. The van der Waals surface area contributed by atoms with E-state index in [-0.39, 0.29) is 0 Å². The Morgan fingerprint density at radius 1 is 1.10 bits per heavy atom. The fraction of sp³-hybridized carbons (Fsp3) is 1.00. The Morgan fingerprint density at radius 2 is 1.20 bits per heavy atom. The van der Waals surface area contributed by atoms with Crippen molar-refractivity contribution in [3.05, 3.63) is 0 Å². The molecule has 0 heterocycles. The molecule has 0 saturated heterocycles. The summed E-state index contributed by atoms with van der Waals surface area (Å²) in [6, 6.07) is 0.681. The predicted octanol–water partition coefficient (Wildman–Crippen LogP) is 2.95. The van der Waals surface area contributed by atoms with Gasteiger partial charge in [0, 0.05) is 0 Å². The van der Waals surface area contributed by atoms with Gasteiger partial charge in [-0.3, -0.25) is 0 Å². The van der Waals surface area contributed by atoms with Gasteiger partial charge in [0.2, 0.25) is 0 Å². The van der Waals surface area contributed by atoms with Crippen LogP contribution < -0.4 is 0 Å². The van der Waals surface area contributed by atoms with Crippen molar-refractivity contribution in [1.29, 1.82) is 0 Å². The average molecular weight is 270 g/mol. The van der Waals surface area contributed by atoms with E-state index in [0.29, 0.717) is 6.00 Å². The van der Waals surface area contributed by atoms with Crippen molar-refractivity contribution in [3.63, 3.8) is 0 Å². The molecule has 0 aliphatic rings. The van der Waals surface area contributed by atoms with Crippen LogP contribution in [0.5, 0.6) is 0 Å². The van der Waals surface area contributed by atoms with E-state index in [0.717, 1.165) is 4.48 Å². The summed E-state index contributed by atoms with van der Waals surface area (Å²) in [6.45, 7) is 0. The maximum atomic E-state index is 5.45. The minimum atomic E-state index is -1.48. The summed E-state index contributed by atoms with van der Waals surface area (Å²) < 4.78 is 0.835. The number of hydrogen-bond donors (Lipinski definition) is 0. The molecule has 0 aromatic carbocycles. The monoisotopic (exact) mass is 268 g/mol. The van der Waals surface area contributed by atoms with E-state index < -0.39 is 11.2 Å². The number of alkyl halides is 1. The van der Waals surface area contributed by atoms with Gasteiger partial charge in [-0.1, -0.05) is 11.6 Å². The topological polar surface area (TPSA) is 0 Å². The summed E-state index contributed by atoms with van der Waals surface area (Å²) in [4.78, 5) is 0. The molecule has 66 valence electrons. The zero-order chi connectivity index (χ0) is 8.78. The van der Waals surface area contributed by atoms with Crippen molar-refractivity contribution in [2.75, 3.05) is 27.1 Å². The van der Waals surface area contributed by atoms with Gasteiger partial charge in [-0.25, -0.2) is 0 Å². The van der Waals surface area contributed by atoms with Crippen molar-refractivity contribution in [1.82, 2.24) is 0 Å². The molecular formula is C4H11Cl4MnN+. The summed E-state index contributed by atoms with van der Waals surface area (Å²) >= 11 is 3.97. The van der Waals surface area contributed by atoms with Gasteiger partial charge < -0.3 is 4.48 Å². The second kappa shape index (κ2) is 7.30. The fourth-order valence-electron chi connectivity index (χ4n) is 0. The van der Waals surface area contributed by atoms with Crippen LogP contribution in [0.15, 0.2) is 0 Å². The molecule has 10 heavy (non-hydrogen) atoms. The third-order valence-corrected chi connectivity index (χ3v) is 1.08. The van der Waals surface area contributed by atoms with E-state index in [4.69, 9.17) is 41.9 Å². The Morgan fingerprint density at radius 3 is 1.20 bits per heavy atom. The molecule has 0 aliphatic heterocycles. The van der Waals surface area contributed by atoms with Gasteiger partial charge in [0.1, 0.15) is 0 Å². The number of hydrogen-bond acceptors (Lipinski definition) is 0. The van der Waals surface area contributed by atoms with Crippen molar-refractivity contribution < 1.29 is 15.6 Å². The van der Waals surface area contributed by atoms with E-state index in [9.17, 15) is 0 Å². The van der Waals surface area contributed by atoms with Crippen LogP contribution in [-0.4, -0.2) is 31.6 Å². The molecule has 1 nitrogen and oxygen atoms in total. The Hall–Kier alpha value is 1.64. The van der Waals surface area contributed by atoms with Gasteiger partial charge in [0.05, 0.1) is 21.1 Å². The van der Waals surface area contributed by atoms with Crippen molar-refractivity contribution in [2.45, 2.75) is 0 Å². The molecule has 0 aromatic heterocycles. The first kappa shape index (κ1) is 14.2. The molecule has 0 fully saturated rings. The van der Waals surface area contributed by atoms with Gasteiger partial charge in [0.25, 0.3) is 0 Å². The third-order valence-electron chi connectivity index (χ3n) is 0.359. The van der Waals surface area contributed by atoms with Crippen LogP contribution in [0.1, 0.15) is 0 Å². The standard InChI is InChI=1S/C4H11ClN.3ClH.Mn/c1-6(2,3)4-5;;;;/h4H2,1-3H3;3*1H;/q+1;;;;+3/p-3. The molecule has 0 spiro atoms. The third kappa shape index (κ3) is 33.4. The summed E-state index contributed by atoms with van der Waals surface area (Å²) in [5.74, 6) is 0. The first-order chi connectivity index (χ1) is 4.29. The predicted molar refractivity (Wildman–Crippen MR) is 46.3 cm³/mol. The first-order valence-electron chi connectivity index (χ1n) is 2.35. The van der Waals surface area contributed by atoms with Crippen LogP contribution in [0.3, 0.4) is 0 Å². The molecule has 0 atom stereocenters. The Bertz CT molecular complexity index is 69.4. The normalized spacial score (nSPS) is 11.7. The van der Waals surface area contributed by atoms with Gasteiger partial charge in [-0.05, 0) is 0 Å². The quantitative estimate of drug-likeness (QED) is 0.297. The number of quaternary nitrogens is 1. The van der Waals surface area contributed by atoms with E-state index in [1.54, 1.807) is 0 Å². The molecule has 0 rings (SSSR count). The number of halogens is 4. The Kier molecular flexibility index (Phi) is 10.3. The SMILES string of the molecule is C[N+](C)(C)CCl.[Cl][Mn]([Cl])[Cl]. The molecule has 0 N–H and O–H groups in total. The molecule has 0 radical (unpaired) electrons. The van der Waals surface area contributed by atoms with E-state index in [1.807, 2.05) is 21.1 Å². The molecule has 0 aliphatic carbocycles. The second-order valence-electron chi connectivity index (χ2n) is 2.57. The number of rotatable bonds is 1. The minimum absolute atomic E-state index is 0.681. The van der Waals surface area contributed by atoms with Crippen molar-refractivity contribution >= 4 is 41.9 Å². The zero-order valence-electron chi connectivity index (χ0n) is 6.04. The molecule has 0 unspecified atom stereocenters. The summed E-state index contributed by atoms with van der Waals surface area (Å²) in [7, 11) is 20.9. The molecule has 0 amide bonds. The average Bonchev–Trinajstić information content (AvgIpc) is 1.63. The van der Waals surface area contributed by atoms with Crippen LogP contribution in [-0.2, 0) is 11.2 Å². The Labute approximate surface area is 84.3 Å². The van der Waals surface area contributed by atoms with E-state index >= 15 is 0 Å². The molecule has 0 bridgehead atoms. The van der Waals surface area contributed by atoms with Crippen molar-refractivity contribution in [3.8, 4) is 0 Å². The van der Waals surface area contributed by atoms with E-state index in [2.05, 4.69) is 0 Å². The zero-order valence-corrected chi connectivity index (χ0v) is 10.2. The van der Waals surface area contributed by atoms with Crippen LogP contribution in [0, 0.1) is 0 Å². The molecule has 6 heteroatoms. The summed E-state index contributed by atoms with van der Waals surface area (Å²) in [6.07, 6.45) is 0. The van der Waals surface area contributed by atoms with Crippen LogP contribution in [0.2, 0.25) is 0 Å². The van der Waals surface area contributed by atoms with Crippen LogP contribution in [0.25, 0.3) is 0 Å². The maximum absolute atomic E-state index is 5.45. The summed E-state index contributed by atoms with van der Waals surface area (Å²) in [5, 5.41) is 0. The first-order valence-corrected chi connectivity index (χ1v) is 7.76. The van der Waals surface area contributed by atoms with Gasteiger partial charge in [0.15, 0.2) is 6.00 Å². The van der Waals surface area contributed by atoms with E-state index in [1.165, 1.54) is 0 Å². The molecular weight excluding hydrogens is 259 g/mol. The fourth-order valence-corrected chi connectivity index (χ4v) is 0. The van der Waals surface area contributed by atoms with Crippen LogP contribution >= 0.6 is 41.9 Å². The van der Waals surface area contributed by atoms with Gasteiger partial charge >= 0.3 is 41.5 Å². The van der Waals surface area contributed by atoms with Crippen molar-refractivity contribution in [2.24, 2.45) is 0 Å². The second-order valence-corrected chi connectivity index (χ2v) is 8.66. The molecule has 0 aromatic rings. The van der Waals surface area contributed by atoms with Gasteiger partial charge in [-0.2, -0.15) is 0 Å².